The Morgan fingerprint density at radius 2 is 2.20 bits per heavy atom. The summed E-state index contributed by atoms with van der Waals surface area (Å²) in [5, 5.41) is 18.5. The second-order valence-corrected chi connectivity index (χ2v) is 5.77. The predicted octanol–water partition coefficient (Wildman–Crippen LogP) is 2.38. The third kappa shape index (κ3) is 3.60. The zero-order valence-corrected chi connectivity index (χ0v) is 12.8. The Kier molecular flexibility index (Phi) is 4.48. The lowest BCUT2D eigenvalue weighted by Gasteiger charge is -2.22. The second kappa shape index (κ2) is 5.95. The molecule has 0 aliphatic rings. The lowest BCUT2D eigenvalue weighted by atomic mass is 9.99. The van der Waals surface area contributed by atoms with Gasteiger partial charge in [-0.05, 0) is 31.0 Å². The Bertz CT molecular complexity index is 593. The van der Waals surface area contributed by atoms with E-state index in [0.29, 0.717) is 13.1 Å². The van der Waals surface area contributed by atoms with Gasteiger partial charge in [-0.15, -0.1) is 0 Å². The SMILES string of the molecule is Cc1ccc(CNCC(C)(O)c2cnn(C)c2)cc1Cl. The van der Waals surface area contributed by atoms with Crippen LogP contribution in [0.25, 0.3) is 0 Å². The fourth-order valence-corrected chi connectivity index (χ4v) is 2.20. The van der Waals surface area contributed by atoms with Crippen LogP contribution in [-0.2, 0) is 19.2 Å². The standard InChI is InChI=1S/C15H20ClN3O/c1-11-4-5-12(6-14(11)16)7-17-10-15(2,20)13-8-18-19(3)9-13/h4-6,8-9,17,20H,7,10H2,1-3H3. The molecule has 0 saturated carbocycles. The third-order valence-corrected chi connectivity index (χ3v) is 3.77. The molecule has 2 N–H and O–H groups in total. The molecular weight excluding hydrogens is 274 g/mol. The van der Waals surface area contributed by atoms with E-state index in [9.17, 15) is 5.11 Å². The maximum Gasteiger partial charge on any atom is 0.102 e. The van der Waals surface area contributed by atoms with Crippen molar-refractivity contribution < 1.29 is 5.11 Å². The first-order valence-corrected chi connectivity index (χ1v) is 6.93. The van der Waals surface area contributed by atoms with E-state index in [2.05, 4.69) is 10.4 Å². The lowest BCUT2D eigenvalue weighted by Crippen LogP contribution is -2.34. The molecule has 0 spiro atoms. The highest BCUT2D eigenvalue weighted by atomic mass is 35.5. The minimum absolute atomic E-state index is 0.449. The van der Waals surface area contributed by atoms with E-state index in [1.54, 1.807) is 17.8 Å². The highest BCUT2D eigenvalue weighted by Crippen LogP contribution is 2.19. The van der Waals surface area contributed by atoms with Crippen LogP contribution in [0.3, 0.4) is 0 Å². The van der Waals surface area contributed by atoms with Crippen LogP contribution >= 0.6 is 11.6 Å². The van der Waals surface area contributed by atoms with Crippen LogP contribution in [0, 0.1) is 6.92 Å². The third-order valence-electron chi connectivity index (χ3n) is 3.36. The molecule has 5 heteroatoms. The molecule has 1 aromatic heterocycles. The summed E-state index contributed by atoms with van der Waals surface area (Å²) < 4.78 is 1.68. The van der Waals surface area contributed by atoms with E-state index in [0.717, 1.165) is 21.7 Å². The van der Waals surface area contributed by atoms with Crippen molar-refractivity contribution in [3.05, 3.63) is 52.3 Å². The molecule has 1 unspecified atom stereocenters. The van der Waals surface area contributed by atoms with Crippen LogP contribution in [0.5, 0.6) is 0 Å². The molecule has 2 rings (SSSR count). The number of halogens is 1. The van der Waals surface area contributed by atoms with Gasteiger partial charge in [0.1, 0.15) is 5.60 Å². The molecule has 20 heavy (non-hydrogen) atoms. The summed E-state index contributed by atoms with van der Waals surface area (Å²) in [5.74, 6) is 0. The molecule has 0 aliphatic carbocycles. The highest BCUT2D eigenvalue weighted by Gasteiger charge is 2.24. The summed E-state index contributed by atoms with van der Waals surface area (Å²) in [6.07, 6.45) is 3.51. The smallest absolute Gasteiger partial charge is 0.102 e. The van der Waals surface area contributed by atoms with Gasteiger partial charge in [0.25, 0.3) is 0 Å². The Balaban J connectivity index is 1.93. The van der Waals surface area contributed by atoms with Crippen molar-refractivity contribution in [1.29, 1.82) is 0 Å². The largest absolute Gasteiger partial charge is 0.384 e. The van der Waals surface area contributed by atoms with E-state index in [-0.39, 0.29) is 0 Å². The monoisotopic (exact) mass is 293 g/mol. The van der Waals surface area contributed by atoms with Crippen LogP contribution in [0.4, 0.5) is 0 Å². The topological polar surface area (TPSA) is 50.1 Å². The average molecular weight is 294 g/mol. The molecule has 2 aromatic rings. The number of hydrogen-bond donors (Lipinski definition) is 2. The first-order valence-electron chi connectivity index (χ1n) is 6.56. The Morgan fingerprint density at radius 1 is 1.45 bits per heavy atom. The van der Waals surface area contributed by atoms with Crippen molar-refractivity contribution in [2.75, 3.05) is 6.54 Å². The summed E-state index contributed by atoms with van der Waals surface area (Å²) >= 11 is 6.09. The molecule has 1 atom stereocenters. The number of aromatic nitrogens is 2. The maximum absolute atomic E-state index is 10.4. The van der Waals surface area contributed by atoms with Gasteiger partial charge in [-0.25, -0.2) is 0 Å². The molecule has 108 valence electrons. The molecule has 0 aliphatic heterocycles. The molecule has 0 saturated heterocycles. The fraction of sp³-hybridized carbons (Fsp3) is 0.400. The van der Waals surface area contributed by atoms with Crippen molar-refractivity contribution in [1.82, 2.24) is 15.1 Å². The minimum atomic E-state index is -0.942. The zero-order valence-electron chi connectivity index (χ0n) is 12.0. The van der Waals surface area contributed by atoms with Gasteiger partial charge in [0.05, 0.1) is 6.20 Å². The predicted molar refractivity (Wildman–Crippen MR) is 80.7 cm³/mol. The summed E-state index contributed by atoms with van der Waals surface area (Å²) in [4.78, 5) is 0. The summed E-state index contributed by atoms with van der Waals surface area (Å²) in [7, 11) is 1.83. The number of nitrogens with one attached hydrogen (secondary N) is 1. The Hall–Kier alpha value is -1.36. The van der Waals surface area contributed by atoms with Crippen LogP contribution < -0.4 is 5.32 Å². The van der Waals surface area contributed by atoms with Crippen LogP contribution in [-0.4, -0.2) is 21.4 Å². The van der Waals surface area contributed by atoms with E-state index >= 15 is 0 Å². The average Bonchev–Trinajstić information content (AvgIpc) is 2.81. The summed E-state index contributed by atoms with van der Waals surface area (Å²) in [6.45, 7) is 4.87. The van der Waals surface area contributed by atoms with Gasteiger partial charge in [-0.1, -0.05) is 23.7 Å². The van der Waals surface area contributed by atoms with Crippen LogP contribution in [0.1, 0.15) is 23.6 Å². The molecule has 0 fully saturated rings. The van der Waals surface area contributed by atoms with Crippen molar-refractivity contribution in [3.8, 4) is 0 Å². The zero-order chi connectivity index (χ0) is 14.8. The molecule has 1 aromatic carbocycles. The van der Waals surface area contributed by atoms with Crippen molar-refractivity contribution in [2.24, 2.45) is 7.05 Å². The molecule has 1 heterocycles. The summed E-state index contributed by atoms with van der Waals surface area (Å²) in [6, 6.07) is 5.98. The Morgan fingerprint density at radius 3 is 2.80 bits per heavy atom. The maximum atomic E-state index is 10.4. The lowest BCUT2D eigenvalue weighted by molar-refractivity contribution is 0.0566. The van der Waals surface area contributed by atoms with Crippen molar-refractivity contribution in [3.63, 3.8) is 0 Å². The van der Waals surface area contributed by atoms with E-state index < -0.39 is 5.60 Å². The molecule has 0 bridgehead atoms. The number of nitrogens with zero attached hydrogens (tertiary/aromatic N) is 2. The normalized spacial score (nSPS) is 14.2. The first kappa shape index (κ1) is 15.0. The molecule has 0 radical (unpaired) electrons. The van der Waals surface area contributed by atoms with Gasteiger partial charge < -0.3 is 10.4 Å². The van der Waals surface area contributed by atoms with E-state index in [1.165, 1.54) is 0 Å². The summed E-state index contributed by atoms with van der Waals surface area (Å²) in [5.41, 5.74) is 2.03. The van der Waals surface area contributed by atoms with E-state index in [4.69, 9.17) is 11.6 Å². The van der Waals surface area contributed by atoms with Gasteiger partial charge in [-0.3, -0.25) is 4.68 Å². The van der Waals surface area contributed by atoms with Crippen molar-refractivity contribution in [2.45, 2.75) is 26.0 Å². The van der Waals surface area contributed by atoms with E-state index in [1.807, 2.05) is 38.4 Å². The molecule has 0 amide bonds. The van der Waals surface area contributed by atoms with Crippen molar-refractivity contribution >= 4 is 11.6 Å². The number of hydrogen-bond acceptors (Lipinski definition) is 3. The van der Waals surface area contributed by atoms with Crippen LogP contribution in [0.15, 0.2) is 30.6 Å². The quantitative estimate of drug-likeness (QED) is 0.890. The van der Waals surface area contributed by atoms with Gasteiger partial charge in [0.15, 0.2) is 0 Å². The van der Waals surface area contributed by atoms with Gasteiger partial charge >= 0.3 is 0 Å². The number of aryl methyl sites for hydroxylation is 2. The van der Waals surface area contributed by atoms with Gasteiger partial charge in [-0.2, -0.15) is 5.10 Å². The number of rotatable bonds is 5. The van der Waals surface area contributed by atoms with Crippen LogP contribution in [0.2, 0.25) is 5.02 Å². The van der Waals surface area contributed by atoms with Gasteiger partial charge in [0.2, 0.25) is 0 Å². The first-order chi connectivity index (χ1) is 9.38. The fourth-order valence-electron chi connectivity index (χ4n) is 2.00. The Labute approximate surface area is 124 Å². The number of aliphatic hydroxyl groups is 1. The second-order valence-electron chi connectivity index (χ2n) is 5.36. The van der Waals surface area contributed by atoms with Gasteiger partial charge in [0, 0.05) is 36.9 Å². The molecular formula is C15H20ClN3O. The highest BCUT2D eigenvalue weighted by molar-refractivity contribution is 6.31. The number of benzene rings is 1. The minimum Gasteiger partial charge on any atom is -0.384 e. The molecule has 4 nitrogen and oxygen atoms in total.